The molecule has 269 valence electrons. The van der Waals surface area contributed by atoms with Crippen molar-refractivity contribution in [1.29, 1.82) is 0 Å². The number of allylic oxidation sites excluding steroid dienone is 2. The summed E-state index contributed by atoms with van der Waals surface area (Å²) >= 11 is -5.50. The molecule has 54 heavy (non-hydrogen) atoms. The van der Waals surface area contributed by atoms with Gasteiger partial charge in [0.05, 0.1) is 0 Å². The van der Waals surface area contributed by atoms with Crippen LogP contribution in [0.15, 0.2) is 126 Å². The van der Waals surface area contributed by atoms with Crippen LogP contribution in [0.1, 0.15) is 79.5 Å². The maximum atomic E-state index is 9.13. The third-order valence-corrected chi connectivity index (χ3v) is 36.2. The number of rotatable bonds is 7. The van der Waals surface area contributed by atoms with Crippen molar-refractivity contribution in [1.82, 2.24) is 0 Å². The number of fused-ring (bicyclic) bond motifs is 5. The molecule has 6 aromatic rings. The number of hydrogen-bond acceptors (Lipinski definition) is 0. The molecule has 0 nitrogen and oxygen atoms in total. The summed E-state index contributed by atoms with van der Waals surface area (Å²) in [7, 11) is 17.4. The summed E-state index contributed by atoms with van der Waals surface area (Å²) in [6.07, 6.45) is 6.84. The molecular weight excluding hydrogens is 791 g/mol. The number of aryl methyl sites for hydroxylation is 4. The fraction of sp³-hybridized carbons (Fsp3) is 0.200. The monoisotopic (exact) mass is 835 g/mol. The van der Waals surface area contributed by atoms with Gasteiger partial charge in [0.15, 0.2) is 0 Å². The van der Waals surface area contributed by atoms with E-state index in [2.05, 4.69) is 169 Å². The van der Waals surface area contributed by atoms with Crippen molar-refractivity contribution >= 4 is 52.3 Å². The fourth-order valence-corrected chi connectivity index (χ4v) is 39.5. The van der Waals surface area contributed by atoms with Crippen molar-refractivity contribution in [2.24, 2.45) is 0 Å². The Hall–Kier alpha value is -3.52. The molecule has 0 saturated heterocycles. The summed E-state index contributed by atoms with van der Waals surface area (Å²) in [5, 5.41) is 2.96. The summed E-state index contributed by atoms with van der Waals surface area (Å²) in [5.41, 5.74) is 21.1. The van der Waals surface area contributed by atoms with Crippen LogP contribution in [-0.2, 0) is 29.2 Å². The van der Waals surface area contributed by atoms with Gasteiger partial charge in [-0.05, 0) is 0 Å². The van der Waals surface area contributed by atoms with Gasteiger partial charge in [0.1, 0.15) is 0 Å². The summed E-state index contributed by atoms with van der Waals surface area (Å²) < 4.78 is 1.11. The summed E-state index contributed by atoms with van der Waals surface area (Å²) in [4.78, 5) is 0. The second kappa shape index (κ2) is 13.3. The average Bonchev–Trinajstić information content (AvgIpc) is 3.85. The van der Waals surface area contributed by atoms with Crippen molar-refractivity contribution in [2.45, 2.75) is 61.6 Å². The van der Waals surface area contributed by atoms with Gasteiger partial charge in [0.25, 0.3) is 0 Å². The van der Waals surface area contributed by atoms with E-state index >= 15 is 0 Å². The topological polar surface area (TPSA) is 0 Å². The molecule has 0 fully saturated rings. The van der Waals surface area contributed by atoms with Gasteiger partial charge in [-0.2, -0.15) is 0 Å². The van der Waals surface area contributed by atoms with Crippen molar-refractivity contribution in [2.75, 3.05) is 0 Å². The predicted octanol–water partition coefficient (Wildman–Crippen LogP) is 11.8. The van der Waals surface area contributed by atoms with Gasteiger partial charge in [0, 0.05) is 0 Å². The Kier molecular flexibility index (Phi) is 8.91. The van der Waals surface area contributed by atoms with E-state index in [1.54, 1.807) is 0 Å². The molecule has 9 rings (SSSR count). The van der Waals surface area contributed by atoms with E-state index < -0.39 is 25.9 Å². The molecule has 0 spiro atoms. The zero-order valence-corrected chi connectivity index (χ0v) is 37.5. The number of halogens is 2. The molecule has 2 aliphatic carbocycles. The molecule has 4 heteroatoms. The standard InChI is InChI=1S/2C19H19.C12H9Si.2ClH.Zr/c2*1-4-15-9-10-16-11-13(2)12-18(16)19(15)17-8-6-5-7-14(17)3;1-3-7-11-9(5-1)10-6-2-4-8-12(10)13-11;;;/h2*5-12H,4H2,1-3H3;1-7H,13H2;2*1H;/q;;;;;+2/p-2. The van der Waals surface area contributed by atoms with Gasteiger partial charge in [-0.3, -0.25) is 0 Å². The SMILES string of the molecule is CCc1ccc2c(c1-c1ccccc1C)C=C(C)[CH]2[Zr]([Cl])([Cl])([c]1cccc2c1[SiH2]c1ccccc1-2)[CH]1C(C)=Cc2c1ccc(CC)c2-c1ccccc1C. The van der Waals surface area contributed by atoms with E-state index in [9.17, 15) is 0 Å². The molecular formula is C50H47Cl2SiZr. The molecule has 3 aliphatic rings. The second-order valence-electron chi connectivity index (χ2n) is 16.0. The normalized spacial score (nSPS) is 18.0. The Morgan fingerprint density at radius 2 is 0.981 bits per heavy atom. The van der Waals surface area contributed by atoms with Crippen LogP contribution < -0.4 is 13.6 Å². The molecule has 2 unspecified atom stereocenters. The summed E-state index contributed by atoms with van der Waals surface area (Å²) in [5.74, 6) is 0. The van der Waals surface area contributed by atoms with Crippen LogP contribution in [0.3, 0.4) is 0 Å². The zero-order chi connectivity index (χ0) is 37.5. The Labute approximate surface area is 332 Å². The van der Waals surface area contributed by atoms with E-state index in [1.165, 1.54) is 103 Å². The van der Waals surface area contributed by atoms with Crippen LogP contribution in [0, 0.1) is 13.8 Å². The van der Waals surface area contributed by atoms with Gasteiger partial charge in [-0.15, -0.1) is 0 Å². The fourth-order valence-electron chi connectivity index (χ4n) is 10.7. The van der Waals surface area contributed by atoms with Crippen LogP contribution in [0.2, 0.25) is 0 Å². The van der Waals surface area contributed by atoms with Crippen molar-refractivity contribution in [3.63, 3.8) is 0 Å². The van der Waals surface area contributed by atoms with Gasteiger partial charge in [0.2, 0.25) is 0 Å². The van der Waals surface area contributed by atoms with Gasteiger partial charge in [-0.1, -0.05) is 0 Å². The van der Waals surface area contributed by atoms with Crippen LogP contribution in [-0.4, -0.2) is 9.52 Å². The van der Waals surface area contributed by atoms with Crippen LogP contribution in [0.5, 0.6) is 0 Å². The van der Waals surface area contributed by atoms with E-state index in [0.717, 1.165) is 12.8 Å². The van der Waals surface area contributed by atoms with Crippen LogP contribution >= 0.6 is 17.0 Å². The predicted molar refractivity (Wildman–Crippen MR) is 236 cm³/mol. The minimum atomic E-state index is -5.50. The first-order chi connectivity index (χ1) is 26.1. The zero-order valence-electron chi connectivity index (χ0n) is 32.2. The van der Waals surface area contributed by atoms with E-state index in [0.29, 0.717) is 0 Å². The number of hydrogen-bond donors (Lipinski definition) is 0. The van der Waals surface area contributed by atoms with Crippen molar-refractivity contribution in [3.05, 3.63) is 171 Å². The summed E-state index contributed by atoms with van der Waals surface area (Å²) in [6.45, 7) is 13.7. The minimum absolute atomic E-state index is 0.0882. The molecule has 6 aromatic carbocycles. The molecule has 0 amide bonds. The molecule has 1 heterocycles. The Balaban J connectivity index is 1.36. The number of benzene rings is 6. The van der Waals surface area contributed by atoms with Gasteiger partial charge in [-0.25, -0.2) is 0 Å². The van der Waals surface area contributed by atoms with Crippen LogP contribution in [0.4, 0.5) is 0 Å². The maximum absolute atomic E-state index is 9.13. The Bertz CT molecular complexity index is 2480. The Morgan fingerprint density at radius 3 is 1.48 bits per heavy atom. The molecule has 0 saturated carbocycles. The van der Waals surface area contributed by atoms with Crippen LogP contribution in [0.25, 0.3) is 45.5 Å². The molecule has 0 radical (unpaired) electrons. The van der Waals surface area contributed by atoms with Gasteiger partial charge < -0.3 is 0 Å². The first kappa shape index (κ1) is 36.1. The first-order valence-corrected chi connectivity index (χ1v) is 31.5. The summed E-state index contributed by atoms with van der Waals surface area (Å²) in [6, 6.07) is 43.2. The first-order valence-electron chi connectivity index (χ1n) is 19.6. The second-order valence-corrected chi connectivity index (χ2v) is 38.4. The molecule has 0 aromatic heterocycles. The third kappa shape index (κ3) is 5.16. The van der Waals surface area contributed by atoms with E-state index in [-0.39, 0.29) is 7.25 Å². The molecule has 0 N–H and O–H groups in total. The molecule has 0 bridgehead atoms. The van der Waals surface area contributed by atoms with Gasteiger partial charge >= 0.3 is 335 Å². The third-order valence-electron chi connectivity index (χ3n) is 13.0. The van der Waals surface area contributed by atoms with E-state index in [1.807, 2.05) is 0 Å². The average molecular weight is 838 g/mol. The van der Waals surface area contributed by atoms with Crippen molar-refractivity contribution in [3.8, 4) is 33.4 Å². The van der Waals surface area contributed by atoms with Crippen molar-refractivity contribution < 1.29 is 16.4 Å². The quantitative estimate of drug-likeness (QED) is 0.140. The molecule has 1 aliphatic heterocycles. The van der Waals surface area contributed by atoms with E-state index in [4.69, 9.17) is 17.0 Å². The molecule has 2 atom stereocenters. The Morgan fingerprint density at radius 1 is 0.519 bits per heavy atom.